The van der Waals surface area contributed by atoms with Crippen LogP contribution >= 0.6 is 0 Å². The Balaban J connectivity index is 0.000000202. The summed E-state index contributed by atoms with van der Waals surface area (Å²) in [7, 11) is 0. The van der Waals surface area contributed by atoms with Crippen LogP contribution in [0.5, 0.6) is 0 Å². The predicted octanol–water partition coefficient (Wildman–Crippen LogP) is -0.346. The molecule has 0 bridgehead atoms. The van der Waals surface area contributed by atoms with Gasteiger partial charge in [-0.25, -0.2) is 0 Å². The van der Waals surface area contributed by atoms with Crippen LogP contribution in [0.4, 0.5) is 0 Å². The number of hydrogen-bond acceptors (Lipinski definition) is 3. The molecule has 0 unspecified atom stereocenters. The van der Waals surface area contributed by atoms with Gasteiger partial charge in [-0.15, -0.1) is 0 Å². The van der Waals surface area contributed by atoms with Crippen molar-refractivity contribution in [1.82, 2.24) is 5.32 Å². The highest BCUT2D eigenvalue weighted by atomic mass is 16.5. The SMILES string of the molecule is C1COCCN1.C=C(C)C(N)=O. The van der Waals surface area contributed by atoms with Crippen LogP contribution in [0.15, 0.2) is 12.2 Å². The zero-order valence-corrected chi connectivity index (χ0v) is 7.43. The monoisotopic (exact) mass is 172 g/mol. The molecule has 4 heteroatoms. The third kappa shape index (κ3) is 7.24. The van der Waals surface area contributed by atoms with Crippen molar-refractivity contribution in [3.63, 3.8) is 0 Å². The van der Waals surface area contributed by atoms with Gasteiger partial charge in [0.15, 0.2) is 0 Å². The topological polar surface area (TPSA) is 64.3 Å². The average molecular weight is 172 g/mol. The zero-order valence-electron chi connectivity index (χ0n) is 7.43. The van der Waals surface area contributed by atoms with E-state index < -0.39 is 5.91 Å². The summed E-state index contributed by atoms with van der Waals surface area (Å²) in [6.45, 7) is 8.69. The second kappa shape index (κ2) is 6.82. The normalized spacial score (nSPS) is 15.8. The summed E-state index contributed by atoms with van der Waals surface area (Å²) < 4.78 is 5.01. The van der Waals surface area contributed by atoms with Gasteiger partial charge in [0.25, 0.3) is 0 Å². The molecule has 4 nitrogen and oxygen atoms in total. The van der Waals surface area contributed by atoms with Gasteiger partial charge in [-0.1, -0.05) is 6.58 Å². The number of hydrogen-bond donors (Lipinski definition) is 2. The molecule has 0 aromatic carbocycles. The van der Waals surface area contributed by atoms with Crippen molar-refractivity contribution >= 4 is 5.91 Å². The Morgan fingerprint density at radius 3 is 2.00 bits per heavy atom. The smallest absolute Gasteiger partial charge is 0.243 e. The van der Waals surface area contributed by atoms with Crippen molar-refractivity contribution in [3.05, 3.63) is 12.2 Å². The van der Waals surface area contributed by atoms with Gasteiger partial charge in [-0.2, -0.15) is 0 Å². The molecule has 1 rings (SSSR count). The molecule has 12 heavy (non-hydrogen) atoms. The van der Waals surface area contributed by atoms with E-state index in [1.165, 1.54) is 0 Å². The molecule has 0 saturated carbocycles. The van der Waals surface area contributed by atoms with E-state index in [4.69, 9.17) is 10.5 Å². The largest absolute Gasteiger partial charge is 0.379 e. The Kier molecular flexibility index (Phi) is 6.32. The van der Waals surface area contributed by atoms with E-state index in [0.717, 1.165) is 26.3 Å². The van der Waals surface area contributed by atoms with E-state index in [-0.39, 0.29) is 0 Å². The van der Waals surface area contributed by atoms with Gasteiger partial charge in [0.2, 0.25) is 5.91 Å². The lowest BCUT2D eigenvalue weighted by atomic mass is 10.3. The number of carbonyl (C=O) groups excluding carboxylic acids is 1. The van der Waals surface area contributed by atoms with Gasteiger partial charge in [-0.05, 0) is 6.92 Å². The lowest BCUT2D eigenvalue weighted by molar-refractivity contribution is -0.114. The third-order valence-electron chi connectivity index (χ3n) is 1.27. The maximum Gasteiger partial charge on any atom is 0.243 e. The van der Waals surface area contributed by atoms with Crippen LogP contribution in [0, 0.1) is 0 Å². The van der Waals surface area contributed by atoms with Crippen LogP contribution in [0.1, 0.15) is 6.92 Å². The van der Waals surface area contributed by atoms with Crippen LogP contribution in [-0.4, -0.2) is 32.2 Å². The molecular weight excluding hydrogens is 156 g/mol. The fourth-order valence-electron chi connectivity index (χ4n) is 0.516. The fraction of sp³-hybridized carbons (Fsp3) is 0.625. The predicted molar refractivity (Wildman–Crippen MR) is 47.7 cm³/mol. The number of carbonyl (C=O) groups is 1. The van der Waals surface area contributed by atoms with Crippen LogP contribution in [-0.2, 0) is 9.53 Å². The minimum atomic E-state index is -0.435. The van der Waals surface area contributed by atoms with E-state index in [0.29, 0.717) is 5.57 Å². The van der Waals surface area contributed by atoms with Gasteiger partial charge in [0.05, 0.1) is 13.2 Å². The molecule has 0 aliphatic carbocycles. The van der Waals surface area contributed by atoms with Crippen LogP contribution in [0.2, 0.25) is 0 Å². The standard InChI is InChI=1S/C4H9NO.C4H7NO/c1-3-6-4-2-5-1;1-3(2)4(5)6/h5H,1-4H2;1H2,2H3,(H2,5,6). The lowest BCUT2D eigenvalue weighted by Gasteiger charge is -2.10. The van der Waals surface area contributed by atoms with Gasteiger partial charge < -0.3 is 15.8 Å². The van der Waals surface area contributed by atoms with Crippen LogP contribution in [0.3, 0.4) is 0 Å². The summed E-state index contributed by atoms with van der Waals surface area (Å²) in [6.07, 6.45) is 0. The first-order valence-corrected chi connectivity index (χ1v) is 3.88. The number of nitrogens with two attached hydrogens (primary N) is 1. The summed E-state index contributed by atoms with van der Waals surface area (Å²) >= 11 is 0. The number of primary amides is 1. The number of rotatable bonds is 1. The summed E-state index contributed by atoms with van der Waals surface area (Å²) in [4.78, 5) is 9.82. The average Bonchev–Trinajstić information content (AvgIpc) is 2.08. The van der Waals surface area contributed by atoms with E-state index in [1.807, 2.05) is 0 Å². The summed E-state index contributed by atoms with van der Waals surface area (Å²) in [5.41, 5.74) is 5.09. The molecule has 1 fully saturated rings. The molecule has 1 heterocycles. The van der Waals surface area contributed by atoms with Gasteiger partial charge in [0.1, 0.15) is 0 Å². The minimum absolute atomic E-state index is 0.398. The molecule has 1 amide bonds. The maximum absolute atomic E-state index is 9.82. The highest BCUT2D eigenvalue weighted by Gasteiger charge is 1.92. The molecule has 0 radical (unpaired) electrons. The Morgan fingerprint density at radius 2 is 1.92 bits per heavy atom. The lowest BCUT2D eigenvalue weighted by Crippen LogP contribution is -2.30. The van der Waals surface area contributed by atoms with Crippen molar-refractivity contribution in [1.29, 1.82) is 0 Å². The Labute approximate surface area is 72.8 Å². The second-order valence-electron chi connectivity index (χ2n) is 2.51. The van der Waals surface area contributed by atoms with Crippen molar-refractivity contribution in [2.24, 2.45) is 5.73 Å². The van der Waals surface area contributed by atoms with Crippen molar-refractivity contribution in [3.8, 4) is 0 Å². The molecule has 1 aliphatic heterocycles. The molecule has 1 aliphatic rings. The minimum Gasteiger partial charge on any atom is -0.379 e. The Hall–Kier alpha value is -0.870. The van der Waals surface area contributed by atoms with Crippen LogP contribution in [0.25, 0.3) is 0 Å². The Bertz CT molecular complexity index is 130. The van der Waals surface area contributed by atoms with Crippen molar-refractivity contribution in [2.45, 2.75) is 6.92 Å². The van der Waals surface area contributed by atoms with E-state index >= 15 is 0 Å². The first-order chi connectivity index (χ1) is 5.64. The maximum atomic E-state index is 9.82. The second-order valence-corrected chi connectivity index (χ2v) is 2.51. The molecule has 1 saturated heterocycles. The van der Waals surface area contributed by atoms with Crippen molar-refractivity contribution < 1.29 is 9.53 Å². The summed E-state index contributed by atoms with van der Waals surface area (Å²) in [6, 6.07) is 0. The quantitative estimate of drug-likeness (QED) is 0.531. The molecule has 3 N–H and O–H groups in total. The Morgan fingerprint density at radius 1 is 1.50 bits per heavy atom. The molecule has 0 aromatic rings. The highest BCUT2D eigenvalue weighted by molar-refractivity contribution is 5.90. The molecule has 70 valence electrons. The van der Waals surface area contributed by atoms with Gasteiger partial charge in [0, 0.05) is 18.7 Å². The van der Waals surface area contributed by atoms with Crippen LogP contribution < -0.4 is 11.1 Å². The zero-order chi connectivity index (χ0) is 9.40. The summed E-state index contributed by atoms with van der Waals surface area (Å²) in [5, 5.41) is 3.16. The molecular formula is C8H16N2O2. The number of amides is 1. The number of ether oxygens (including phenoxy) is 1. The van der Waals surface area contributed by atoms with Gasteiger partial charge >= 0.3 is 0 Å². The fourth-order valence-corrected chi connectivity index (χ4v) is 0.516. The van der Waals surface area contributed by atoms with Gasteiger partial charge in [-0.3, -0.25) is 4.79 Å². The van der Waals surface area contributed by atoms with E-state index in [1.54, 1.807) is 6.92 Å². The molecule has 0 atom stereocenters. The van der Waals surface area contributed by atoms with E-state index in [2.05, 4.69) is 11.9 Å². The molecule has 0 spiro atoms. The first-order valence-electron chi connectivity index (χ1n) is 3.88. The highest BCUT2D eigenvalue weighted by Crippen LogP contribution is 1.78. The number of morpholine rings is 1. The first kappa shape index (κ1) is 11.1. The van der Waals surface area contributed by atoms with Crippen molar-refractivity contribution in [2.75, 3.05) is 26.3 Å². The summed E-state index contributed by atoms with van der Waals surface area (Å²) in [5.74, 6) is -0.435. The number of nitrogens with one attached hydrogen (secondary N) is 1. The van der Waals surface area contributed by atoms with E-state index in [9.17, 15) is 4.79 Å². The molecule has 0 aromatic heterocycles. The third-order valence-corrected chi connectivity index (χ3v) is 1.27.